The van der Waals surface area contributed by atoms with Crippen LogP contribution in [-0.2, 0) is 21.1 Å². The number of aliphatic hydroxyl groups is 1. The zero-order chi connectivity index (χ0) is 28.9. The molecule has 0 aliphatic carbocycles. The lowest BCUT2D eigenvalue weighted by Gasteiger charge is -2.21. The second kappa shape index (κ2) is 11.8. The molecule has 0 radical (unpaired) electrons. The summed E-state index contributed by atoms with van der Waals surface area (Å²) in [5, 5.41) is 10.5. The van der Waals surface area contributed by atoms with Gasteiger partial charge in [0.2, 0.25) is 0 Å². The van der Waals surface area contributed by atoms with Gasteiger partial charge < -0.3 is 9.84 Å². The van der Waals surface area contributed by atoms with Crippen LogP contribution in [0.2, 0.25) is 0 Å². The molecule has 4 aromatic rings. The van der Waals surface area contributed by atoms with Gasteiger partial charge in [0.05, 0.1) is 17.9 Å². The fourth-order valence-corrected chi connectivity index (χ4v) is 3.52. The van der Waals surface area contributed by atoms with Crippen LogP contribution in [-0.4, -0.2) is 38.7 Å². The number of carbonyl (C=O) groups is 1. The summed E-state index contributed by atoms with van der Waals surface area (Å²) in [6, 6.07) is 10.4. The number of ether oxygens (including phenoxy) is 1. The number of carbonyl (C=O) groups excluding carboxylic acids is 1. The molecular formula is C27H30F5N3O3. The number of imidazole rings is 1. The molecule has 0 amide bonds. The van der Waals surface area contributed by atoms with E-state index in [1.807, 2.05) is 13.8 Å². The van der Waals surface area contributed by atoms with Gasteiger partial charge in [-0.2, -0.15) is 22.0 Å². The Labute approximate surface area is 217 Å². The molecule has 0 aliphatic rings. The number of hydrogen-bond acceptors (Lipinski definition) is 5. The van der Waals surface area contributed by atoms with Crippen LogP contribution in [0.3, 0.4) is 0 Å². The van der Waals surface area contributed by atoms with Gasteiger partial charge in [-0.1, -0.05) is 38.1 Å². The van der Waals surface area contributed by atoms with E-state index >= 15 is 0 Å². The zero-order valence-electron chi connectivity index (χ0n) is 21.9. The Kier molecular flexibility index (Phi) is 9.55. The normalized spacial score (nSPS) is 11.9. The van der Waals surface area contributed by atoms with Gasteiger partial charge in [-0.3, -0.25) is 9.20 Å². The molecule has 0 unspecified atom stereocenters. The molecule has 0 spiro atoms. The van der Waals surface area contributed by atoms with Gasteiger partial charge in [0.25, 0.3) is 6.47 Å². The molecule has 3 heterocycles. The van der Waals surface area contributed by atoms with Crippen molar-refractivity contribution in [3.63, 3.8) is 0 Å². The average Bonchev–Trinajstić information content (AvgIpc) is 3.25. The van der Waals surface area contributed by atoms with Crippen molar-refractivity contribution in [2.75, 3.05) is 6.61 Å². The number of alkyl halides is 5. The van der Waals surface area contributed by atoms with E-state index in [-0.39, 0.29) is 11.2 Å². The highest BCUT2D eigenvalue weighted by Crippen LogP contribution is 2.45. The van der Waals surface area contributed by atoms with E-state index in [0.717, 1.165) is 6.07 Å². The molecule has 0 saturated heterocycles. The van der Waals surface area contributed by atoms with Crippen molar-refractivity contribution in [2.45, 2.75) is 59.2 Å². The molecule has 0 saturated carbocycles. The highest BCUT2D eigenvalue weighted by Gasteiger charge is 2.60. The van der Waals surface area contributed by atoms with Crippen molar-refractivity contribution in [1.82, 2.24) is 14.4 Å². The lowest BCUT2D eigenvalue weighted by atomic mass is 9.94. The Hall–Kier alpha value is -3.60. The number of nitrogens with zero attached hydrogens (tertiary/aromatic N) is 3. The lowest BCUT2D eigenvalue weighted by molar-refractivity contribution is -0.290. The number of aromatic nitrogens is 3. The van der Waals surface area contributed by atoms with Crippen LogP contribution in [0.15, 0.2) is 48.7 Å². The van der Waals surface area contributed by atoms with Crippen LogP contribution in [0, 0.1) is 6.92 Å². The average molecular weight is 540 g/mol. The van der Waals surface area contributed by atoms with Crippen LogP contribution >= 0.6 is 0 Å². The van der Waals surface area contributed by atoms with Crippen molar-refractivity contribution in [1.29, 1.82) is 0 Å². The van der Waals surface area contributed by atoms with Gasteiger partial charge in [0.15, 0.2) is 0 Å². The minimum absolute atomic E-state index is 0.0545. The molecule has 0 fully saturated rings. The molecule has 1 N–H and O–H groups in total. The molecule has 0 atom stereocenters. The van der Waals surface area contributed by atoms with E-state index in [9.17, 15) is 31.9 Å². The summed E-state index contributed by atoms with van der Waals surface area (Å²) in [6.07, 6.45) is -4.27. The van der Waals surface area contributed by atoms with Crippen LogP contribution < -0.4 is 0 Å². The van der Waals surface area contributed by atoms with Crippen LogP contribution in [0.1, 0.15) is 51.6 Å². The van der Waals surface area contributed by atoms with Crippen LogP contribution in [0.25, 0.3) is 27.8 Å². The first-order valence-corrected chi connectivity index (χ1v) is 11.8. The second-order valence-electron chi connectivity index (χ2n) is 8.50. The monoisotopic (exact) mass is 539 g/mol. The maximum atomic E-state index is 14.3. The molecule has 3 aromatic heterocycles. The largest absolute Gasteiger partial charge is 0.468 e. The maximum absolute atomic E-state index is 14.3. The zero-order valence-corrected chi connectivity index (χ0v) is 21.9. The molecule has 0 aliphatic heterocycles. The Bertz CT molecular complexity index is 1380. The van der Waals surface area contributed by atoms with E-state index in [0.29, 0.717) is 40.9 Å². The molecule has 1 aromatic carbocycles. The smallest absolute Gasteiger partial charge is 0.459 e. The fourth-order valence-electron chi connectivity index (χ4n) is 3.52. The number of halogens is 5. The number of benzene rings is 1. The number of pyridine rings is 2. The first-order chi connectivity index (χ1) is 17.7. The summed E-state index contributed by atoms with van der Waals surface area (Å²) in [6.45, 7) is 11.5. The number of fused-ring (bicyclic) bond motifs is 3. The first kappa shape index (κ1) is 30.6. The molecule has 206 valence electrons. The van der Waals surface area contributed by atoms with E-state index in [2.05, 4.69) is 14.7 Å². The summed E-state index contributed by atoms with van der Waals surface area (Å²) in [5.41, 5.74) is -0.479. The van der Waals surface area contributed by atoms with Crippen molar-refractivity contribution < 1.29 is 36.6 Å². The molecule has 38 heavy (non-hydrogen) atoms. The second-order valence-corrected chi connectivity index (χ2v) is 8.50. The summed E-state index contributed by atoms with van der Waals surface area (Å²) in [7, 11) is 0. The van der Waals surface area contributed by atoms with Crippen molar-refractivity contribution in [3.05, 3.63) is 65.6 Å². The number of hydrogen-bond donors (Lipinski definition) is 1. The molecule has 6 nitrogen and oxygen atoms in total. The third kappa shape index (κ3) is 6.45. The summed E-state index contributed by atoms with van der Waals surface area (Å²) in [5.74, 6) is -5.14. The fraction of sp³-hybridized carbons (Fsp3) is 0.370. The van der Waals surface area contributed by atoms with Gasteiger partial charge >= 0.3 is 12.1 Å². The van der Waals surface area contributed by atoms with Crippen molar-refractivity contribution in [3.8, 4) is 11.1 Å². The van der Waals surface area contributed by atoms with Gasteiger partial charge in [-0.15, -0.1) is 0 Å². The minimum atomic E-state index is -5.80. The summed E-state index contributed by atoms with van der Waals surface area (Å²) in [4.78, 5) is 17.1. The Morgan fingerprint density at radius 1 is 1.00 bits per heavy atom. The van der Waals surface area contributed by atoms with Crippen LogP contribution in [0.5, 0.6) is 0 Å². The SMILES string of the molecule is CC.CCOC=O.Cc1cn2c(ccc3c(-c4ccc(C(C)(C)O)cc4)cc(C(F)(F)C(F)(F)F)nc32)n1. The summed E-state index contributed by atoms with van der Waals surface area (Å²) >= 11 is 0. The van der Waals surface area contributed by atoms with E-state index < -0.39 is 23.4 Å². The third-order valence-corrected chi connectivity index (χ3v) is 5.33. The molecule has 0 bridgehead atoms. The maximum Gasteiger partial charge on any atom is 0.459 e. The van der Waals surface area contributed by atoms with Crippen molar-refractivity contribution in [2.24, 2.45) is 0 Å². The van der Waals surface area contributed by atoms with Gasteiger partial charge in [0, 0.05) is 11.6 Å². The molecular weight excluding hydrogens is 509 g/mol. The first-order valence-electron chi connectivity index (χ1n) is 11.8. The predicted octanol–water partition coefficient (Wildman–Crippen LogP) is 6.94. The van der Waals surface area contributed by atoms with E-state index in [1.54, 1.807) is 64.1 Å². The quantitative estimate of drug-likeness (QED) is 0.220. The molecule has 11 heteroatoms. The van der Waals surface area contributed by atoms with Gasteiger partial charge in [-0.25, -0.2) is 9.97 Å². The van der Waals surface area contributed by atoms with E-state index in [1.165, 1.54) is 10.6 Å². The van der Waals surface area contributed by atoms with Crippen LogP contribution in [0.4, 0.5) is 22.0 Å². The third-order valence-electron chi connectivity index (χ3n) is 5.33. The van der Waals surface area contributed by atoms with E-state index in [4.69, 9.17) is 0 Å². The molecule has 4 rings (SSSR count). The van der Waals surface area contributed by atoms with Gasteiger partial charge in [0.1, 0.15) is 17.0 Å². The minimum Gasteiger partial charge on any atom is -0.468 e. The number of rotatable bonds is 5. The standard InChI is InChI=1S/C22H18F5N3O.C3H6O2.C2H6/c1-12-11-30-18(28-12)9-8-15-16(13-4-6-14(7-5-13)20(2,3)31)10-17(29-19(15)30)21(23,24)22(25,26)27;1-2-5-3-4;1-2/h4-11,31H,1-3H3;3H,2H2,1H3;1-2H3. The lowest BCUT2D eigenvalue weighted by Crippen LogP contribution is -2.34. The van der Waals surface area contributed by atoms with Gasteiger partial charge in [-0.05, 0) is 62.6 Å². The highest BCUT2D eigenvalue weighted by molar-refractivity contribution is 5.94. The highest BCUT2D eigenvalue weighted by atomic mass is 19.4. The Balaban J connectivity index is 0.000000651. The van der Waals surface area contributed by atoms with Crippen molar-refractivity contribution >= 4 is 23.2 Å². The Morgan fingerprint density at radius 2 is 1.61 bits per heavy atom. The number of aryl methyl sites for hydroxylation is 1. The summed E-state index contributed by atoms with van der Waals surface area (Å²) < 4.78 is 73.4. The Morgan fingerprint density at radius 3 is 2.08 bits per heavy atom. The predicted molar refractivity (Wildman–Crippen MR) is 135 cm³/mol. The topological polar surface area (TPSA) is 76.7 Å².